The molecular weight excluding hydrogens is 1370 g/mol. The second kappa shape index (κ2) is 50.1. The first kappa shape index (κ1) is 91.6. The number of aliphatic hydroxyl groups excluding tert-OH is 2. The Morgan fingerprint density at radius 3 is 1.34 bits per heavy atom. The Morgan fingerprint density at radius 1 is 0.442 bits per heavy atom. The van der Waals surface area contributed by atoms with E-state index in [-0.39, 0.29) is 102 Å². The Bertz CT molecular complexity index is 3070. The molecule has 41 nitrogen and oxygen atoms in total. The van der Waals surface area contributed by atoms with Gasteiger partial charge in [0.05, 0.1) is 25.3 Å². The number of hydrogen-bond donors (Lipinski definition) is 24. The van der Waals surface area contributed by atoms with Crippen LogP contribution in [0.25, 0.3) is 0 Å². The standard InChI is InChI=1S/C63H108N22O19/c1-5-33(2)49(85-58(101)40(18-10-12-26-65)78-52(95)37(66)21-23-45(67)88)60(103)76-34(3)51(94)77-42(22-24-47(90)91)57(100)80-39(17-9-11-25-64)56(99)82-43(29-36-15-7-6-8-16-36)59(102)83-44(32-86)54(97)74-30-46(89)84-50(35(4)87)61(104)81-41(20-14-28-73-63(70)71)55(98)79-38(19-13-27-72-62(68)69)53(96)75-31-48(92)93/h6-8,15-16,33-35,37-44,49-50,86-87H,5,9-14,17-32,64-66H2,1-4H3,(H2,67,88)(H,74,97)(H,75,96)(H,76,103)(H,77,94)(H,78,95)(H,79,98)(H,80,100)(H,81,104)(H,82,99)(H,83,102)(H,84,89)(H,85,101)(H,90,91)(H,92,93)(H4,68,69,72)(H4,70,71,73)/t33-,34-,35+,37-,38-,39-,40-,41-,42-,43-,44-,49-,50-/m0/s1. The van der Waals surface area contributed by atoms with E-state index < -0.39 is 200 Å². The molecule has 41 heteroatoms. The maximum absolute atomic E-state index is 14.4. The zero-order valence-corrected chi connectivity index (χ0v) is 59.1. The van der Waals surface area contributed by atoms with Crippen molar-refractivity contribution < 1.29 is 92.3 Å². The van der Waals surface area contributed by atoms with Crippen LogP contribution in [0.15, 0.2) is 40.3 Å². The molecule has 1 aromatic carbocycles. The van der Waals surface area contributed by atoms with Crippen LogP contribution < -0.4 is 110 Å². The van der Waals surface area contributed by atoms with Crippen LogP contribution in [0.4, 0.5) is 0 Å². The summed E-state index contributed by atoms with van der Waals surface area (Å²) in [5.41, 5.74) is 44.7. The lowest BCUT2D eigenvalue weighted by molar-refractivity contribution is -0.139. The van der Waals surface area contributed by atoms with Gasteiger partial charge in [-0.2, -0.15) is 0 Å². The number of benzene rings is 1. The number of nitrogens with one attached hydrogen (secondary N) is 12. The third kappa shape index (κ3) is 37.5. The van der Waals surface area contributed by atoms with Crippen molar-refractivity contribution in [3.8, 4) is 0 Å². The molecule has 0 fully saturated rings. The highest BCUT2D eigenvalue weighted by Crippen LogP contribution is 2.14. The number of nitrogens with two attached hydrogens (primary N) is 8. The van der Waals surface area contributed by atoms with Gasteiger partial charge in [-0.1, -0.05) is 50.6 Å². The van der Waals surface area contributed by atoms with Gasteiger partial charge >= 0.3 is 11.9 Å². The van der Waals surface area contributed by atoms with Crippen LogP contribution in [0.2, 0.25) is 0 Å². The van der Waals surface area contributed by atoms with Crippen LogP contribution in [0.5, 0.6) is 0 Å². The first-order chi connectivity index (χ1) is 49.1. The van der Waals surface area contributed by atoms with Gasteiger partial charge in [0.2, 0.25) is 76.8 Å². The van der Waals surface area contributed by atoms with Crippen molar-refractivity contribution in [1.29, 1.82) is 0 Å². The molecule has 0 aliphatic rings. The van der Waals surface area contributed by atoms with Crippen molar-refractivity contribution in [1.82, 2.24) is 63.8 Å². The molecule has 0 heterocycles. The van der Waals surface area contributed by atoms with Gasteiger partial charge in [0.25, 0.3) is 0 Å². The Labute approximate surface area is 601 Å². The zero-order chi connectivity index (χ0) is 78.6. The number of aliphatic imine (C=N–C) groups is 2. The number of amides is 13. The van der Waals surface area contributed by atoms with Crippen molar-refractivity contribution >= 4 is 101 Å². The van der Waals surface area contributed by atoms with E-state index in [0.717, 1.165) is 6.92 Å². The van der Waals surface area contributed by atoms with Crippen molar-refractivity contribution in [2.24, 2.45) is 61.8 Å². The molecule has 0 saturated carbocycles. The number of carbonyl (C=O) groups excluding carboxylic acids is 13. The monoisotopic (exact) mass is 1480 g/mol. The van der Waals surface area contributed by atoms with Crippen molar-refractivity contribution in [3.05, 3.63) is 35.9 Å². The van der Waals surface area contributed by atoms with E-state index >= 15 is 0 Å². The second-order valence-corrected chi connectivity index (χ2v) is 24.5. The zero-order valence-electron chi connectivity index (χ0n) is 59.1. The Hall–Kier alpha value is -10.4. The molecule has 13 atom stereocenters. The number of unbranched alkanes of at least 4 members (excludes halogenated alkanes) is 2. The largest absolute Gasteiger partial charge is 0.481 e. The van der Waals surface area contributed by atoms with Crippen LogP contribution in [0.3, 0.4) is 0 Å². The third-order valence-corrected chi connectivity index (χ3v) is 15.8. The molecule has 32 N–H and O–H groups in total. The summed E-state index contributed by atoms with van der Waals surface area (Å²) in [5, 5.41) is 68.8. The van der Waals surface area contributed by atoms with E-state index in [1.165, 1.54) is 6.92 Å². The minimum Gasteiger partial charge on any atom is -0.481 e. The maximum Gasteiger partial charge on any atom is 0.322 e. The van der Waals surface area contributed by atoms with Gasteiger partial charge in [0.1, 0.15) is 67.0 Å². The lowest BCUT2D eigenvalue weighted by Gasteiger charge is -2.29. The summed E-state index contributed by atoms with van der Waals surface area (Å²) < 4.78 is 0. The number of carbonyl (C=O) groups is 15. The summed E-state index contributed by atoms with van der Waals surface area (Å²) >= 11 is 0. The van der Waals surface area contributed by atoms with E-state index in [1.807, 2.05) is 0 Å². The highest BCUT2D eigenvalue weighted by Gasteiger charge is 2.37. The minimum absolute atomic E-state index is 0.00794. The smallest absolute Gasteiger partial charge is 0.322 e. The highest BCUT2D eigenvalue weighted by molar-refractivity contribution is 5.99. The highest BCUT2D eigenvalue weighted by atomic mass is 16.4. The molecule has 1 aromatic rings. The van der Waals surface area contributed by atoms with Gasteiger partial charge in [-0.3, -0.25) is 81.9 Å². The topological polar surface area (TPSA) is 714 Å². The molecule has 584 valence electrons. The number of guanidine groups is 2. The van der Waals surface area contributed by atoms with Crippen molar-refractivity contribution in [3.63, 3.8) is 0 Å². The molecule has 0 aliphatic heterocycles. The predicted molar refractivity (Wildman–Crippen MR) is 376 cm³/mol. The third-order valence-electron chi connectivity index (χ3n) is 15.8. The fourth-order valence-corrected chi connectivity index (χ4v) is 9.74. The molecule has 1 rings (SSSR count). The molecule has 0 saturated heterocycles. The summed E-state index contributed by atoms with van der Waals surface area (Å²) in [6.45, 7) is 3.17. The molecule has 0 radical (unpaired) electrons. The van der Waals surface area contributed by atoms with E-state index in [1.54, 1.807) is 44.2 Å². The number of aliphatic hydroxyl groups is 2. The fraction of sp³-hybridized carbons (Fsp3) is 0.635. The van der Waals surface area contributed by atoms with Gasteiger partial charge < -0.3 is 130 Å². The normalized spacial score (nSPS) is 14.7. The van der Waals surface area contributed by atoms with Crippen LogP contribution in [-0.4, -0.2) is 240 Å². The minimum atomic E-state index is -1.85. The number of hydrogen-bond acceptors (Lipinski definition) is 22. The van der Waals surface area contributed by atoms with E-state index in [9.17, 15) is 87.2 Å². The summed E-state index contributed by atoms with van der Waals surface area (Å²) in [6, 6.07) is -8.55. The van der Waals surface area contributed by atoms with E-state index in [2.05, 4.69) is 73.8 Å². The van der Waals surface area contributed by atoms with Crippen molar-refractivity contribution in [2.75, 3.05) is 45.9 Å². The van der Waals surface area contributed by atoms with E-state index in [4.69, 9.17) is 51.0 Å². The second-order valence-electron chi connectivity index (χ2n) is 24.5. The Kier molecular flexibility index (Phi) is 44.1. The predicted octanol–water partition coefficient (Wildman–Crippen LogP) is -9.34. The quantitative estimate of drug-likeness (QED) is 0.0164. The summed E-state index contributed by atoms with van der Waals surface area (Å²) in [5.74, 6) is -16.6. The molecule has 13 amide bonds. The van der Waals surface area contributed by atoms with Gasteiger partial charge in [0.15, 0.2) is 11.9 Å². The molecule has 0 aromatic heterocycles. The first-order valence-electron chi connectivity index (χ1n) is 34.0. The fourth-order valence-electron chi connectivity index (χ4n) is 9.74. The molecule has 0 spiro atoms. The van der Waals surface area contributed by atoms with Gasteiger partial charge in [-0.25, -0.2) is 0 Å². The maximum atomic E-state index is 14.4. The Balaban J connectivity index is 3.47. The number of aliphatic carboxylic acids is 2. The van der Waals surface area contributed by atoms with E-state index in [0.29, 0.717) is 31.2 Å². The number of primary amides is 1. The molecule has 0 bridgehead atoms. The van der Waals surface area contributed by atoms with Gasteiger partial charge in [-0.15, -0.1) is 0 Å². The molecule has 0 aliphatic carbocycles. The van der Waals surface area contributed by atoms with Crippen LogP contribution in [0, 0.1) is 5.92 Å². The number of nitrogens with zero attached hydrogens (tertiary/aromatic N) is 2. The van der Waals surface area contributed by atoms with Gasteiger partial charge in [-0.05, 0) is 115 Å². The van der Waals surface area contributed by atoms with Gasteiger partial charge in [0, 0.05) is 32.4 Å². The van der Waals surface area contributed by atoms with Crippen LogP contribution in [-0.2, 0) is 78.3 Å². The first-order valence-corrected chi connectivity index (χ1v) is 34.0. The van der Waals surface area contributed by atoms with Crippen LogP contribution >= 0.6 is 0 Å². The molecular formula is C63H108N22O19. The number of rotatable bonds is 53. The molecule has 0 unspecified atom stereocenters. The lowest BCUT2D eigenvalue weighted by Crippen LogP contribution is -2.61. The lowest BCUT2D eigenvalue weighted by atomic mass is 9.97. The van der Waals surface area contributed by atoms with Crippen LogP contribution in [0.1, 0.15) is 130 Å². The Morgan fingerprint density at radius 2 is 0.865 bits per heavy atom. The van der Waals surface area contributed by atoms with Crippen molar-refractivity contribution in [2.45, 2.75) is 203 Å². The SMILES string of the molecule is CC[C@H](C)[C@H](NC(=O)[C@H](CCCCN)NC(=O)[C@@H](N)CCC(N)=O)C(=O)N[C@@H](C)C(=O)N[C@@H](CCC(=O)O)C(=O)N[C@@H](CCCCN)C(=O)N[C@@H](Cc1ccccc1)C(=O)N[C@@H](CO)C(=O)NCC(=O)N[C@H](C(=O)N[C@@H](CCCN=C(N)N)C(=O)N[C@@H](CCCN=C(N)N)C(=O)NCC(=O)O)[C@@H](C)O. The molecule has 104 heavy (non-hydrogen) atoms. The number of carboxylic acids is 2. The number of carboxylic acid groups (broad SMARTS) is 2. The summed E-state index contributed by atoms with van der Waals surface area (Å²) in [6.07, 6.45) is -2.11. The average Bonchev–Trinajstić information content (AvgIpc) is 0.863. The average molecular weight is 1480 g/mol. The summed E-state index contributed by atoms with van der Waals surface area (Å²) in [4.78, 5) is 207. The summed E-state index contributed by atoms with van der Waals surface area (Å²) in [7, 11) is 0.